The fraction of sp³-hybridized carbons (Fsp3) is 0.304. The first kappa shape index (κ1) is 22.7. The van der Waals surface area contributed by atoms with E-state index in [9.17, 15) is 18.0 Å². The number of rotatable bonds is 8. The number of aliphatic carboxylic acids is 1. The molecule has 0 atom stereocenters. The van der Waals surface area contributed by atoms with Gasteiger partial charge in [0.1, 0.15) is 12.0 Å². The number of carboxylic acids is 1. The van der Waals surface area contributed by atoms with Gasteiger partial charge in [0.25, 0.3) is 0 Å². The van der Waals surface area contributed by atoms with Gasteiger partial charge in [-0.05, 0) is 59.9 Å². The van der Waals surface area contributed by atoms with Crippen LogP contribution in [0.15, 0.2) is 53.4 Å². The topological polar surface area (TPSA) is 101 Å². The molecule has 8 heteroatoms. The molecular formula is C23H25NO6S. The minimum Gasteiger partial charge on any atom is -0.482 e. The molecule has 0 saturated carbocycles. The summed E-state index contributed by atoms with van der Waals surface area (Å²) >= 11 is 0. The standard InChI is InChI=1S/C23H25NO6S/c25-15-5-6-18-7-10-20(30-17-23(26)27)16-22(18)19-8-11-21(12-9-19)31(28,29)24-13-3-1-2-4-14-24/h5-12,15-16H,1-4,13-14,17H2,(H,26,27). The summed E-state index contributed by atoms with van der Waals surface area (Å²) in [7, 11) is -3.55. The number of carboxylic acid groups (broad SMARTS) is 1. The van der Waals surface area contributed by atoms with Crippen LogP contribution in [0, 0.1) is 0 Å². The van der Waals surface area contributed by atoms with Crippen molar-refractivity contribution in [2.24, 2.45) is 0 Å². The van der Waals surface area contributed by atoms with E-state index < -0.39 is 22.6 Å². The maximum atomic E-state index is 13.0. The zero-order valence-corrected chi connectivity index (χ0v) is 17.9. The fourth-order valence-electron chi connectivity index (χ4n) is 3.55. The first-order valence-electron chi connectivity index (χ1n) is 10.1. The maximum absolute atomic E-state index is 13.0. The Hall–Kier alpha value is -2.97. The van der Waals surface area contributed by atoms with E-state index in [-0.39, 0.29) is 4.90 Å². The van der Waals surface area contributed by atoms with E-state index in [1.807, 2.05) is 0 Å². The van der Waals surface area contributed by atoms with Gasteiger partial charge in [0.05, 0.1) is 4.90 Å². The number of hydrogen-bond donors (Lipinski definition) is 1. The zero-order valence-electron chi connectivity index (χ0n) is 17.1. The molecule has 31 heavy (non-hydrogen) atoms. The summed E-state index contributed by atoms with van der Waals surface area (Å²) in [5, 5.41) is 8.83. The van der Waals surface area contributed by atoms with E-state index in [0.717, 1.165) is 36.8 Å². The first-order chi connectivity index (χ1) is 14.9. The van der Waals surface area contributed by atoms with E-state index in [0.29, 0.717) is 30.7 Å². The average molecular weight is 444 g/mol. The molecule has 0 bridgehead atoms. The van der Waals surface area contributed by atoms with Crippen LogP contribution in [0.4, 0.5) is 0 Å². The van der Waals surface area contributed by atoms with Crippen LogP contribution in [-0.4, -0.2) is 49.8 Å². The van der Waals surface area contributed by atoms with Gasteiger partial charge in [-0.2, -0.15) is 4.31 Å². The molecule has 7 nitrogen and oxygen atoms in total. The highest BCUT2D eigenvalue weighted by atomic mass is 32.2. The molecule has 0 spiro atoms. The zero-order chi connectivity index (χ0) is 22.3. The van der Waals surface area contributed by atoms with Gasteiger partial charge in [-0.3, -0.25) is 4.79 Å². The largest absolute Gasteiger partial charge is 0.482 e. The van der Waals surface area contributed by atoms with E-state index in [1.54, 1.807) is 52.8 Å². The van der Waals surface area contributed by atoms with E-state index in [2.05, 4.69) is 0 Å². The van der Waals surface area contributed by atoms with Crippen molar-refractivity contribution in [2.75, 3.05) is 19.7 Å². The third kappa shape index (κ3) is 5.80. The van der Waals surface area contributed by atoms with Crippen molar-refractivity contribution in [3.8, 4) is 16.9 Å². The average Bonchev–Trinajstić information content (AvgIpc) is 3.07. The van der Waals surface area contributed by atoms with Gasteiger partial charge >= 0.3 is 5.97 Å². The van der Waals surface area contributed by atoms with Crippen LogP contribution in [0.2, 0.25) is 0 Å². The minimum absolute atomic E-state index is 0.237. The predicted octanol–water partition coefficient (Wildman–Crippen LogP) is 3.59. The van der Waals surface area contributed by atoms with Crippen LogP contribution in [-0.2, 0) is 19.6 Å². The monoisotopic (exact) mass is 443 g/mol. The molecule has 1 N–H and O–H groups in total. The highest BCUT2D eigenvalue weighted by Crippen LogP contribution is 2.31. The van der Waals surface area contributed by atoms with Gasteiger partial charge in [0.2, 0.25) is 10.0 Å². The summed E-state index contributed by atoms with van der Waals surface area (Å²) in [4.78, 5) is 21.8. The molecule has 0 aliphatic carbocycles. The summed E-state index contributed by atoms with van der Waals surface area (Å²) in [6.45, 7) is 0.595. The number of allylic oxidation sites excluding steroid dienone is 1. The molecule has 1 saturated heterocycles. The Morgan fingerprint density at radius 2 is 1.71 bits per heavy atom. The van der Waals surface area contributed by atoms with Crippen molar-refractivity contribution in [1.82, 2.24) is 4.31 Å². The van der Waals surface area contributed by atoms with Crippen molar-refractivity contribution in [3.05, 3.63) is 54.1 Å². The third-order valence-electron chi connectivity index (χ3n) is 5.11. The molecule has 3 rings (SSSR count). The van der Waals surface area contributed by atoms with Gasteiger partial charge in [-0.1, -0.05) is 37.1 Å². The van der Waals surface area contributed by atoms with Gasteiger partial charge < -0.3 is 9.84 Å². The summed E-state index contributed by atoms with van der Waals surface area (Å²) in [6.07, 6.45) is 7.47. The molecule has 1 fully saturated rings. The summed E-state index contributed by atoms with van der Waals surface area (Å²) in [5.41, 5.74) is 2.14. The number of benzene rings is 2. The van der Waals surface area contributed by atoms with E-state index in [4.69, 9.17) is 9.84 Å². The van der Waals surface area contributed by atoms with Crippen LogP contribution in [0.5, 0.6) is 5.75 Å². The molecule has 1 aliphatic rings. The van der Waals surface area contributed by atoms with Crippen LogP contribution in [0.25, 0.3) is 17.2 Å². The second-order valence-electron chi connectivity index (χ2n) is 7.27. The Bertz CT molecular complexity index is 1050. The number of nitrogens with zero attached hydrogens (tertiary/aromatic N) is 1. The Labute approximate surface area is 182 Å². The maximum Gasteiger partial charge on any atom is 0.341 e. The smallest absolute Gasteiger partial charge is 0.341 e. The van der Waals surface area contributed by atoms with Crippen LogP contribution in [0.1, 0.15) is 31.2 Å². The Morgan fingerprint density at radius 3 is 2.32 bits per heavy atom. The molecular weight excluding hydrogens is 418 g/mol. The van der Waals surface area contributed by atoms with Crippen molar-refractivity contribution >= 4 is 28.4 Å². The molecule has 1 heterocycles. The molecule has 0 unspecified atom stereocenters. The SMILES string of the molecule is O=CC=Cc1ccc(OCC(=O)O)cc1-c1ccc(S(=O)(=O)N2CCCCCC2)cc1. The minimum atomic E-state index is -3.55. The van der Waals surface area contributed by atoms with E-state index >= 15 is 0 Å². The Balaban J connectivity index is 1.92. The van der Waals surface area contributed by atoms with Crippen LogP contribution >= 0.6 is 0 Å². The lowest BCUT2D eigenvalue weighted by molar-refractivity contribution is -0.139. The number of ether oxygens (including phenoxy) is 1. The predicted molar refractivity (Wildman–Crippen MR) is 117 cm³/mol. The van der Waals surface area contributed by atoms with Gasteiger partial charge in [-0.15, -0.1) is 0 Å². The Morgan fingerprint density at radius 1 is 1.03 bits per heavy atom. The molecule has 2 aromatic rings. The van der Waals surface area contributed by atoms with Crippen LogP contribution < -0.4 is 4.74 Å². The highest BCUT2D eigenvalue weighted by molar-refractivity contribution is 7.89. The number of hydrogen-bond acceptors (Lipinski definition) is 5. The van der Waals surface area contributed by atoms with Crippen molar-refractivity contribution < 1.29 is 27.9 Å². The molecule has 0 radical (unpaired) electrons. The molecule has 0 amide bonds. The fourth-order valence-corrected chi connectivity index (χ4v) is 5.06. The first-order valence-corrected chi connectivity index (χ1v) is 11.6. The number of carbonyl (C=O) groups is 2. The number of aldehydes is 1. The molecule has 2 aromatic carbocycles. The summed E-state index contributed by atoms with van der Waals surface area (Å²) < 4.78 is 32.8. The van der Waals surface area contributed by atoms with Crippen molar-refractivity contribution in [1.29, 1.82) is 0 Å². The lowest BCUT2D eigenvalue weighted by Gasteiger charge is -2.20. The number of carbonyl (C=O) groups excluding carboxylic acids is 1. The van der Waals surface area contributed by atoms with Crippen molar-refractivity contribution in [2.45, 2.75) is 30.6 Å². The highest BCUT2D eigenvalue weighted by Gasteiger charge is 2.25. The normalized spacial score (nSPS) is 15.5. The Kier molecular flexibility index (Phi) is 7.59. The van der Waals surface area contributed by atoms with Crippen LogP contribution in [0.3, 0.4) is 0 Å². The summed E-state index contributed by atoms with van der Waals surface area (Å²) in [6, 6.07) is 11.6. The number of sulfonamides is 1. The molecule has 0 aromatic heterocycles. The quantitative estimate of drug-likeness (QED) is 0.494. The molecule has 1 aliphatic heterocycles. The molecule has 164 valence electrons. The second-order valence-corrected chi connectivity index (χ2v) is 9.21. The van der Waals surface area contributed by atoms with Gasteiger partial charge in [0.15, 0.2) is 6.61 Å². The second kappa shape index (κ2) is 10.4. The summed E-state index contributed by atoms with van der Waals surface area (Å²) in [5.74, 6) is -0.725. The van der Waals surface area contributed by atoms with Gasteiger partial charge in [0, 0.05) is 13.1 Å². The van der Waals surface area contributed by atoms with Crippen molar-refractivity contribution in [3.63, 3.8) is 0 Å². The van der Waals surface area contributed by atoms with E-state index in [1.165, 1.54) is 6.08 Å². The van der Waals surface area contributed by atoms with Gasteiger partial charge in [-0.25, -0.2) is 13.2 Å². The lowest BCUT2D eigenvalue weighted by Crippen LogP contribution is -2.31. The third-order valence-corrected chi connectivity index (χ3v) is 7.02. The lowest BCUT2D eigenvalue weighted by atomic mass is 9.99.